The second-order valence-electron chi connectivity index (χ2n) is 10.1. The number of fused-ring (bicyclic) bond motifs is 1. The molecule has 4 heterocycles. The molecule has 0 aliphatic carbocycles. The van der Waals surface area contributed by atoms with Crippen molar-refractivity contribution in [1.82, 2.24) is 25.1 Å². The Kier molecular flexibility index (Phi) is 6.37. The third-order valence-corrected chi connectivity index (χ3v) is 7.17. The molecule has 8 nitrogen and oxygen atoms in total. The molecule has 1 amide bonds. The van der Waals surface area contributed by atoms with Gasteiger partial charge in [0.25, 0.3) is 0 Å². The normalized spacial score (nSPS) is 15.4. The fraction of sp³-hybridized carbons (Fsp3) is 0.310. The van der Waals surface area contributed by atoms with E-state index in [2.05, 4.69) is 15.2 Å². The van der Waals surface area contributed by atoms with Crippen LogP contribution < -0.4 is 15.1 Å². The summed E-state index contributed by atoms with van der Waals surface area (Å²) in [7, 11) is 0. The number of piperazine rings is 1. The van der Waals surface area contributed by atoms with Crippen molar-refractivity contribution < 1.29 is 9.18 Å². The summed E-state index contributed by atoms with van der Waals surface area (Å²) in [5.41, 5.74) is 3.97. The molecule has 2 aliphatic rings. The van der Waals surface area contributed by atoms with Gasteiger partial charge in [0, 0.05) is 61.3 Å². The zero-order valence-electron chi connectivity index (χ0n) is 21.6. The highest BCUT2D eigenvalue weighted by atomic mass is 19.1. The van der Waals surface area contributed by atoms with E-state index in [1.54, 1.807) is 17.2 Å². The van der Waals surface area contributed by atoms with Gasteiger partial charge in [0.2, 0.25) is 5.91 Å². The predicted octanol–water partition coefficient (Wildman–Crippen LogP) is 4.09. The van der Waals surface area contributed by atoms with Gasteiger partial charge in [0.1, 0.15) is 11.6 Å². The highest BCUT2D eigenvalue weighted by molar-refractivity contribution is 6.00. The van der Waals surface area contributed by atoms with Crippen molar-refractivity contribution in [3.8, 4) is 17.1 Å². The van der Waals surface area contributed by atoms with Crippen molar-refractivity contribution >= 4 is 17.5 Å². The number of amides is 1. The molecule has 9 heteroatoms. The first-order valence-corrected chi connectivity index (χ1v) is 13.0. The maximum atomic E-state index is 14.6. The summed E-state index contributed by atoms with van der Waals surface area (Å²) >= 11 is 0. The first kappa shape index (κ1) is 24.2. The minimum atomic E-state index is -0.271. The van der Waals surface area contributed by atoms with E-state index in [1.165, 1.54) is 6.07 Å². The highest BCUT2D eigenvalue weighted by Gasteiger charge is 2.30. The Labute approximate surface area is 221 Å². The summed E-state index contributed by atoms with van der Waals surface area (Å²) in [6.07, 6.45) is 3.93. The zero-order valence-corrected chi connectivity index (χ0v) is 21.6. The van der Waals surface area contributed by atoms with Gasteiger partial charge < -0.3 is 10.2 Å². The smallest absolute Gasteiger partial charge is 0.233 e. The maximum absolute atomic E-state index is 14.6. The van der Waals surface area contributed by atoms with E-state index in [4.69, 9.17) is 10.1 Å². The average molecular weight is 512 g/mol. The minimum Gasteiger partial charge on any atom is -0.353 e. The number of nitrogens with one attached hydrogen (secondary N) is 1. The van der Waals surface area contributed by atoms with E-state index in [0.717, 1.165) is 48.8 Å². The van der Waals surface area contributed by atoms with Crippen LogP contribution in [0.2, 0.25) is 0 Å². The zero-order chi connectivity index (χ0) is 26.2. The minimum absolute atomic E-state index is 0.0217. The third kappa shape index (κ3) is 4.54. The number of carbonyl (C=O) groups excluding carboxylic acids is 1. The van der Waals surface area contributed by atoms with Gasteiger partial charge in [-0.05, 0) is 29.7 Å². The second-order valence-corrected chi connectivity index (χ2v) is 10.1. The van der Waals surface area contributed by atoms with Gasteiger partial charge in [0.05, 0.1) is 18.7 Å². The topological polar surface area (TPSA) is 79.2 Å². The van der Waals surface area contributed by atoms with E-state index in [0.29, 0.717) is 29.3 Å². The molecule has 2 aromatic carbocycles. The van der Waals surface area contributed by atoms with E-state index in [1.807, 2.05) is 61.1 Å². The second kappa shape index (κ2) is 9.98. The quantitative estimate of drug-likeness (QED) is 0.420. The Morgan fingerprint density at radius 1 is 1.05 bits per heavy atom. The van der Waals surface area contributed by atoms with Gasteiger partial charge in [-0.25, -0.2) is 19.0 Å². The summed E-state index contributed by atoms with van der Waals surface area (Å²) in [6.45, 7) is 8.12. The van der Waals surface area contributed by atoms with Crippen molar-refractivity contribution in [3.63, 3.8) is 0 Å². The van der Waals surface area contributed by atoms with E-state index in [-0.39, 0.29) is 24.1 Å². The molecule has 38 heavy (non-hydrogen) atoms. The van der Waals surface area contributed by atoms with Gasteiger partial charge >= 0.3 is 0 Å². The SMILES string of the molecule is CC(C)c1c(F)cccc1-c1ncc2c(n1)N(Cc1ccc(-n3ccc(N4CCNCC4)n3)cc1)C(=O)C2. The number of hydrogen-bond acceptors (Lipinski definition) is 6. The number of carbonyl (C=O) groups is 1. The summed E-state index contributed by atoms with van der Waals surface area (Å²) in [6, 6.07) is 15.1. The summed E-state index contributed by atoms with van der Waals surface area (Å²) in [5, 5.41) is 8.11. The first-order valence-electron chi connectivity index (χ1n) is 13.0. The Morgan fingerprint density at radius 2 is 1.84 bits per heavy atom. The van der Waals surface area contributed by atoms with Crippen LogP contribution in [0.15, 0.2) is 60.9 Å². The van der Waals surface area contributed by atoms with Crippen LogP contribution in [0.5, 0.6) is 0 Å². The lowest BCUT2D eigenvalue weighted by atomic mass is 9.96. The molecule has 1 saturated heterocycles. The number of rotatable bonds is 6. The van der Waals surface area contributed by atoms with E-state index in [9.17, 15) is 9.18 Å². The number of benzene rings is 2. The lowest BCUT2D eigenvalue weighted by molar-refractivity contribution is -0.117. The lowest BCUT2D eigenvalue weighted by Crippen LogP contribution is -2.43. The van der Waals surface area contributed by atoms with Crippen LogP contribution in [0, 0.1) is 5.82 Å². The number of halogens is 1. The van der Waals surface area contributed by atoms with Crippen molar-refractivity contribution in [2.75, 3.05) is 36.0 Å². The monoisotopic (exact) mass is 511 g/mol. The Bertz CT molecular complexity index is 1470. The Hall–Kier alpha value is -4.11. The van der Waals surface area contributed by atoms with Gasteiger partial charge in [-0.2, -0.15) is 5.10 Å². The predicted molar refractivity (Wildman–Crippen MR) is 145 cm³/mol. The molecule has 0 unspecified atom stereocenters. The molecule has 194 valence electrons. The lowest BCUT2D eigenvalue weighted by Gasteiger charge is -2.27. The van der Waals surface area contributed by atoms with Gasteiger partial charge in [0.15, 0.2) is 11.6 Å². The Balaban J connectivity index is 1.23. The number of anilines is 2. The molecule has 0 radical (unpaired) electrons. The molecule has 1 N–H and O–H groups in total. The molecule has 2 aromatic heterocycles. The third-order valence-electron chi connectivity index (χ3n) is 7.17. The van der Waals surface area contributed by atoms with E-state index < -0.39 is 0 Å². The van der Waals surface area contributed by atoms with Gasteiger partial charge in [-0.15, -0.1) is 0 Å². The largest absolute Gasteiger partial charge is 0.353 e. The summed E-state index contributed by atoms with van der Waals surface area (Å²) < 4.78 is 16.5. The van der Waals surface area contributed by atoms with Crippen molar-refractivity contribution in [2.45, 2.75) is 32.7 Å². The van der Waals surface area contributed by atoms with Crippen LogP contribution in [-0.4, -0.2) is 51.8 Å². The Morgan fingerprint density at radius 3 is 2.61 bits per heavy atom. The fourth-order valence-electron chi connectivity index (χ4n) is 5.20. The van der Waals surface area contributed by atoms with Crippen LogP contribution in [-0.2, 0) is 17.8 Å². The van der Waals surface area contributed by atoms with Crippen molar-refractivity contribution in [3.05, 3.63) is 83.4 Å². The molecule has 0 bridgehead atoms. The molecular weight excluding hydrogens is 481 g/mol. The summed E-state index contributed by atoms with van der Waals surface area (Å²) in [5.74, 6) is 1.68. The van der Waals surface area contributed by atoms with Crippen LogP contribution in [0.4, 0.5) is 16.0 Å². The standard InChI is InChI=1S/C29H30FN7O/c1-19(2)27-23(4-3-5-24(27)30)28-32-17-21-16-26(38)36(29(21)33-28)18-20-6-8-22(9-7-20)37-13-10-25(34-37)35-14-11-31-12-15-35/h3-10,13,17,19,31H,11-12,14-16,18H2,1-2H3. The van der Waals surface area contributed by atoms with Gasteiger partial charge in [-0.1, -0.05) is 38.1 Å². The van der Waals surface area contributed by atoms with Crippen molar-refractivity contribution in [1.29, 1.82) is 0 Å². The fourth-order valence-corrected chi connectivity index (χ4v) is 5.20. The molecule has 0 saturated carbocycles. The van der Waals surface area contributed by atoms with E-state index >= 15 is 0 Å². The summed E-state index contributed by atoms with van der Waals surface area (Å²) in [4.78, 5) is 26.1. The van der Waals surface area contributed by atoms with Gasteiger partial charge in [-0.3, -0.25) is 9.69 Å². The number of hydrogen-bond donors (Lipinski definition) is 1. The molecule has 0 atom stereocenters. The number of nitrogens with zero attached hydrogens (tertiary/aromatic N) is 6. The van der Waals surface area contributed by atoms with Crippen molar-refractivity contribution in [2.24, 2.45) is 0 Å². The van der Waals surface area contributed by atoms with Crippen LogP contribution in [0.25, 0.3) is 17.1 Å². The van der Waals surface area contributed by atoms with Crippen LogP contribution in [0.1, 0.15) is 36.5 Å². The van der Waals surface area contributed by atoms with Crippen LogP contribution in [0.3, 0.4) is 0 Å². The molecule has 0 spiro atoms. The molecule has 2 aliphatic heterocycles. The van der Waals surface area contributed by atoms with Crippen LogP contribution >= 0.6 is 0 Å². The molecule has 6 rings (SSSR count). The highest BCUT2D eigenvalue weighted by Crippen LogP contribution is 2.34. The molecule has 1 fully saturated rings. The first-order chi connectivity index (χ1) is 18.5. The maximum Gasteiger partial charge on any atom is 0.233 e. The molecular formula is C29H30FN7O. The average Bonchev–Trinajstić information content (AvgIpc) is 3.54. The number of aromatic nitrogens is 4. The molecule has 4 aromatic rings.